The van der Waals surface area contributed by atoms with Crippen LogP contribution in [-0.2, 0) is 5.60 Å². The number of methoxy groups -OCH3 is 3. The van der Waals surface area contributed by atoms with Crippen LogP contribution in [-0.4, -0.2) is 21.3 Å². The van der Waals surface area contributed by atoms with E-state index < -0.39 is 11.2 Å². The van der Waals surface area contributed by atoms with Crippen molar-refractivity contribution in [1.29, 1.82) is 0 Å². The van der Waals surface area contributed by atoms with Crippen LogP contribution in [0.3, 0.4) is 0 Å². The summed E-state index contributed by atoms with van der Waals surface area (Å²) in [5.41, 5.74) is 1.64. The number of hydrogen-bond donors (Lipinski definition) is 0. The van der Waals surface area contributed by atoms with Crippen molar-refractivity contribution in [3.63, 3.8) is 0 Å². The van der Waals surface area contributed by atoms with Gasteiger partial charge in [0.15, 0.2) is 11.2 Å². The molecule has 202 valence electrons. The Morgan fingerprint density at radius 2 is 1.20 bits per heavy atom. The maximum atomic E-state index is 13.3. The zero-order valence-electron chi connectivity index (χ0n) is 22.8. The molecule has 1 aliphatic rings. The standard InChI is InChI=1S/C35H26O6/c1-37-23-12-8-21(9-13-23)35(22-10-14-24(38-2)15-11-22)19-18-29-32(41-35)28-7-5-4-6-26(28)31-27-17-16-25(39-3)20-30(27)34(36)40-33(29)31/h4-20H,1-3H3. The summed E-state index contributed by atoms with van der Waals surface area (Å²) >= 11 is 0. The maximum Gasteiger partial charge on any atom is 0.344 e. The fourth-order valence-electron chi connectivity index (χ4n) is 5.77. The molecule has 1 aliphatic heterocycles. The molecule has 0 radical (unpaired) electrons. The molecule has 5 aromatic carbocycles. The topological polar surface area (TPSA) is 67.1 Å². The fourth-order valence-corrected chi connectivity index (χ4v) is 5.77. The highest BCUT2D eigenvalue weighted by atomic mass is 16.5. The van der Waals surface area contributed by atoms with Gasteiger partial charge in [-0.05, 0) is 60.0 Å². The van der Waals surface area contributed by atoms with Crippen LogP contribution in [0.1, 0.15) is 16.7 Å². The van der Waals surface area contributed by atoms with Crippen LogP contribution < -0.4 is 24.6 Å². The van der Waals surface area contributed by atoms with E-state index in [9.17, 15) is 4.79 Å². The van der Waals surface area contributed by atoms with Crippen LogP contribution in [0.4, 0.5) is 0 Å². The van der Waals surface area contributed by atoms with Crippen molar-refractivity contribution in [2.24, 2.45) is 0 Å². The number of hydrogen-bond acceptors (Lipinski definition) is 6. The Morgan fingerprint density at radius 3 is 1.80 bits per heavy atom. The Morgan fingerprint density at radius 1 is 0.634 bits per heavy atom. The first kappa shape index (κ1) is 24.8. The normalized spacial score (nSPS) is 13.6. The van der Waals surface area contributed by atoms with Crippen molar-refractivity contribution >= 4 is 38.6 Å². The van der Waals surface area contributed by atoms with Gasteiger partial charge < -0.3 is 23.4 Å². The van der Waals surface area contributed by atoms with E-state index >= 15 is 0 Å². The van der Waals surface area contributed by atoms with Gasteiger partial charge >= 0.3 is 5.63 Å². The Hall–Kier alpha value is -5.23. The van der Waals surface area contributed by atoms with Crippen molar-refractivity contribution < 1.29 is 23.4 Å². The second-order valence-electron chi connectivity index (χ2n) is 9.92. The summed E-state index contributed by atoms with van der Waals surface area (Å²) in [4.78, 5) is 13.3. The second-order valence-corrected chi connectivity index (χ2v) is 9.92. The highest BCUT2D eigenvalue weighted by Crippen LogP contribution is 2.49. The largest absolute Gasteiger partial charge is 0.497 e. The lowest BCUT2D eigenvalue weighted by Gasteiger charge is -2.37. The molecule has 6 heteroatoms. The van der Waals surface area contributed by atoms with Gasteiger partial charge in [-0.2, -0.15) is 0 Å². The highest BCUT2D eigenvalue weighted by molar-refractivity contribution is 6.22. The quantitative estimate of drug-likeness (QED) is 0.166. The van der Waals surface area contributed by atoms with Crippen LogP contribution in [0.15, 0.2) is 106 Å². The van der Waals surface area contributed by atoms with E-state index in [2.05, 4.69) is 0 Å². The van der Waals surface area contributed by atoms with Gasteiger partial charge in [-0.15, -0.1) is 0 Å². The van der Waals surface area contributed by atoms with Gasteiger partial charge in [-0.25, -0.2) is 4.79 Å². The molecule has 41 heavy (non-hydrogen) atoms. The lowest BCUT2D eigenvalue weighted by molar-refractivity contribution is 0.163. The van der Waals surface area contributed by atoms with Gasteiger partial charge in [0.05, 0.1) is 32.3 Å². The van der Waals surface area contributed by atoms with Gasteiger partial charge in [-0.3, -0.25) is 0 Å². The Bertz CT molecular complexity index is 1990. The molecule has 0 aliphatic carbocycles. The average molecular weight is 543 g/mol. The van der Waals surface area contributed by atoms with Gasteiger partial charge in [-0.1, -0.05) is 48.5 Å². The van der Waals surface area contributed by atoms with E-state index in [-0.39, 0.29) is 0 Å². The van der Waals surface area contributed by atoms with Gasteiger partial charge in [0.25, 0.3) is 0 Å². The van der Waals surface area contributed by atoms with Crippen LogP contribution in [0.5, 0.6) is 23.0 Å². The monoisotopic (exact) mass is 542 g/mol. The summed E-state index contributed by atoms with van der Waals surface area (Å²) in [5, 5.41) is 3.96. The molecular weight excluding hydrogens is 516 g/mol. The third kappa shape index (κ3) is 3.75. The Labute approximate surface area is 236 Å². The van der Waals surface area contributed by atoms with E-state index in [1.807, 2.05) is 97.1 Å². The van der Waals surface area contributed by atoms with Gasteiger partial charge in [0.1, 0.15) is 23.0 Å². The van der Waals surface area contributed by atoms with E-state index in [1.54, 1.807) is 27.4 Å². The summed E-state index contributed by atoms with van der Waals surface area (Å²) in [7, 11) is 4.87. The molecular formula is C35H26O6. The zero-order valence-corrected chi connectivity index (χ0v) is 22.8. The maximum absolute atomic E-state index is 13.3. The molecule has 0 saturated heterocycles. The summed E-state index contributed by atoms with van der Waals surface area (Å²) in [5.74, 6) is 2.73. The van der Waals surface area contributed by atoms with Crippen LogP contribution in [0, 0.1) is 0 Å². The number of benzene rings is 5. The molecule has 7 rings (SSSR count). The zero-order chi connectivity index (χ0) is 28.1. The predicted octanol–water partition coefficient (Wildman–Crippen LogP) is 7.47. The molecule has 0 atom stereocenters. The summed E-state index contributed by atoms with van der Waals surface area (Å²) in [6.07, 6.45) is 4.02. The third-order valence-electron chi connectivity index (χ3n) is 7.85. The van der Waals surface area contributed by atoms with Crippen LogP contribution in [0.25, 0.3) is 38.6 Å². The summed E-state index contributed by atoms with van der Waals surface area (Å²) in [6.45, 7) is 0. The van der Waals surface area contributed by atoms with Crippen molar-refractivity contribution in [2.45, 2.75) is 5.60 Å². The van der Waals surface area contributed by atoms with Gasteiger partial charge in [0.2, 0.25) is 0 Å². The first-order valence-corrected chi connectivity index (χ1v) is 13.2. The smallest absolute Gasteiger partial charge is 0.344 e. The van der Waals surface area contributed by atoms with Gasteiger partial charge in [0, 0.05) is 27.3 Å². The van der Waals surface area contributed by atoms with Crippen molar-refractivity contribution in [3.05, 3.63) is 124 Å². The van der Waals surface area contributed by atoms with E-state index in [1.165, 1.54) is 0 Å². The summed E-state index contributed by atoms with van der Waals surface area (Å²) < 4.78 is 29.4. The minimum atomic E-state index is -0.966. The highest BCUT2D eigenvalue weighted by Gasteiger charge is 2.39. The first-order valence-electron chi connectivity index (χ1n) is 13.2. The van der Waals surface area contributed by atoms with E-state index in [4.69, 9.17) is 23.4 Å². The van der Waals surface area contributed by atoms with E-state index in [0.29, 0.717) is 28.0 Å². The second kappa shape index (κ2) is 9.45. The lowest BCUT2D eigenvalue weighted by Crippen LogP contribution is -2.34. The average Bonchev–Trinajstić information content (AvgIpc) is 3.04. The SMILES string of the molecule is COc1ccc(C2(c3ccc(OC)cc3)C=Cc3c(c4ccccc4c4c3oc(=O)c3cc(OC)ccc34)O2)cc1. The van der Waals surface area contributed by atoms with Crippen LogP contribution in [0.2, 0.25) is 0 Å². The molecule has 0 spiro atoms. The van der Waals surface area contributed by atoms with Crippen molar-refractivity contribution in [1.82, 2.24) is 0 Å². The summed E-state index contributed by atoms with van der Waals surface area (Å²) in [6, 6.07) is 29.2. The molecule has 0 unspecified atom stereocenters. The van der Waals surface area contributed by atoms with Crippen molar-refractivity contribution in [3.8, 4) is 23.0 Å². The number of ether oxygens (including phenoxy) is 4. The lowest BCUT2D eigenvalue weighted by atomic mass is 9.82. The molecule has 6 aromatic rings. The molecule has 2 heterocycles. The molecule has 0 fully saturated rings. The van der Waals surface area contributed by atoms with Crippen LogP contribution >= 0.6 is 0 Å². The fraction of sp³-hybridized carbons (Fsp3) is 0.114. The molecule has 1 aromatic heterocycles. The molecule has 0 bridgehead atoms. The Balaban J connectivity index is 1.54. The molecule has 0 saturated carbocycles. The Kier molecular flexibility index (Phi) is 5.71. The predicted molar refractivity (Wildman–Crippen MR) is 160 cm³/mol. The first-order chi connectivity index (χ1) is 20.1. The minimum Gasteiger partial charge on any atom is -0.497 e. The molecule has 0 N–H and O–H groups in total. The minimum absolute atomic E-state index is 0.431. The molecule has 6 nitrogen and oxygen atoms in total. The van der Waals surface area contributed by atoms with Crippen molar-refractivity contribution in [2.75, 3.05) is 21.3 Å². The number of rotatable bonds is 5. The van der Waals surface area contributed by atoms with E-state index in [0.717, 1.165) is 44.2 Å². The number of fused-ring (bicyclic) bond motifs is 8. The molecule has 0 amide bonds. The third-order valence-corrected chi connectivity index (χ3v) is 7.85.